The summed E-state index contributed by atoms with van der Waals surface area (Å²) in [4.78, 5) is 0. The zero-order chi connectivity index (χ0) is 8.91. The molecule has 0 N–H and O–H groups in total. The van der Waals surface area contributed by atoms with E-state index in [9.17, 15) is 4.57 Å². The number of hydrogen-bond donors (Lipinski definition) is 0. The van der Waals surface area contributed by atoms with Crippen molar-refractivity contribution in [1.82, 2.24) is 0 Å². The van der Waals surface area contributed by atoms with Crippen molar-refractivity contribution >= 4 is 8.46 Å². The summed E-state index contributed by atoms with van der Waals surface area (Å²) in [6.45, 7) is 8.88. The summed E-state index contributed by atoms with van der Waals surface area (Å²) in [5, 5.41) is -0.657. The van der Waals surface area contributed by atoms with Crippen LogP contribution in [0.25, 0.3) is 0 Å². The van der Waals surface area contributed by atoms with Crippen LogP contribution in [0.2, 0.25) is 0 Å². The third-order valence-electron chi connectivity index (χ3n) is 1.07. The first-order valence-corrected chi connectivity index (χ1v) is 4.19. The first-order chi connectivity index (χ1) is 5.05. The van der Waals surface area contributed by atoms with E-state index in [0.29, 0.717) is 5.76 Å². The van der Waals surface area contributed by atoms with Gasteiger partial charge in [0.15, 0.2) is 5.34 Å². The van der Waals surface area contributed by atoms with Crippen molar-refractivity contribution in [3.63, 3.8) is 0 Å². The lowest BCUT2D eigenvalue weighted by Gasteiger charge is -2.18. The molecule has 0 aliphatic carbocycles. The van der Waals surface area contributed by atoms with Gasteiger partial charge >= 0.3 is 0 Å². The number of hydrogen-bond acceptors (Lipinski definition) is 2. The van der Waals surface area contributed by atoms with Crippen LogP contribution in [0, 0.1) is 0 Å². The molecule has 0 unspecified atom stereocenters. The van der Waals surface area contributed by atoms with Crippen molar-refractivity contribution in [3.05, 3.63) is 24.5 Å². The largest absolute Gasteiger partial charge is 0.476 e. The zero-order valence-corrected chi connectivity index (χ0v) is 8.02. The Bertz CT molecular complexity index is 183. The Morgan fingerprint density at radius 1 is 1.64 bits per heavy atom. The van der Waals surface area contributed by atoms with E-state index in [-0.39, 0.29) is 8.46 Å². The van der Waals surface area contributed by atoms with Crippen LogP contribution in [0.4, 0.5) is 0 Å². The summed E-state index contributed by atoms with van der Waals surface area (Å²) in [5.41, 5.74) is 0. The molecular formula is C8H13O2P. The maximum atomic E-state index is 10.5. The normalized spacial score (nSPS) is 13.2. The average Bonchev–Trinajstić information content (AvgIpc) is 2.00. The third-order valence-corrected chi connectivity index (χ3v) is 1.60. The van der Waals surface area contributed by atoms with E-state index < -0.39 is 5.34 Å². The SMILES string of the molecule is C=C/C(=C\C)OC(C)(C)P=O. The monoisotopic (exact) mass is 172 g/mol. The molecule has 0 aromatic heterocycles. The lowest BCUT2D eigenvalue weighted by atomic mass is 10.4. The molecule has 0 fully saturated rings. The highest BCUT2D eigenvalue weighted by molar-refractivity contribution is 7.25. The quantitative estimate of drug-likeness (QED) is 0.370. The second-order valence-electron chi connectivity index (χ2n) is 2.54. The Labute approximate surface area is 69.1 Å². The summed E-state index contributed by atoms with van der Waals surface area (Å²) in [6, 6.07) is 0. The Balaban J connectivity index is 4.23. The van der Waals surface area contributed by atoms with E-state index in [1.165, 1.54) is 0 Å². The lowest BCUT2D eigenvalue weighted by molar-refractivity contribution is 0.120. The van der Waals surface area contributed by atoms with E-state index in [1.54, 1.807) is 26.0 Å². The van der Waals surface area contributed by atoms with Gasteiger partial charge in [0.05, 0.1) is 0 Å². The van der Waals surface area contributed by atoms with Gasteiger partial charge in [-0.15, -0.1) is 0 Å². The fourth-order valence-electron chi connectivity index (χ4n) is 0.525. The fraction of sp³-hybridized carbons (Fsp3) is 0.500. The summed E-state index contributed by atoms with van der Waals surface area (Å²) < 4.78 is 15.8. The van der Waals surface area contributed by atoms with Crippen LogP contribution in [0.3, 0.4) is 0 Å². The molecule has 0 rings (SSSR count). The molecule has 0 saturated carbocycles. The van der Waals surface area contributed by atoms with Crippen LogP contribution < -0.4 is 0 Å². The van der Waals surface area contributed by atoms with Crippen molar-refractivity contribution in [3.8, 4) is 0 Å². The smallest absolute Gasteiger partial charge is 0.203 e. The van der Waals surface area contributed by atoms with Gasteiger partial charge in [-0.1, -0.05) is 6.58 Å². The maximum absolute atomic E-state index is 10.5. The van der Waals surface area contributed by atoms with Gasteiger partial charge in [0.1, 0.15) is 5.76 Å². The molecule has 3 heteroatoms. The molecule has 0 heterocycles. The van der Waals surface area contributed by atoms with Gasteiger partial charge in [0, 0.05) is 0 Å². The second-order valence-corrected chi connectivity index (χ2v) is 3.79. The highest BCUT2D eigenvalue weighted by atomic mass is 31.1. The fourth-order valence-corrected chi connectivity index (χ4v) is 0.668. The van der Waals surface area contributed by atoms with E-state index in [0.717, 1.165) is 0 Å². The molecule has 11 heavy (non-hydrogen) atoms. The minimum Gasteiger partial charge on any atom is -0.476 e. The Morgan fingerprint density at radius 3 is 2.45 bits per heavy atom. The van der Waals surface area contributed by atoms with Crippen LogP contribution in [0.15, 0.2) is 24.5 Å². The zero-order valence-electron chi connectivity index (χ0n) is 7.13. The maximum Gasteiger partial charge on any atom is 0.203 e. The van der Waals surface area contributed by atoms with Gasteiger partial charge in [0.2, 0.25) is 8.46 Å². The molecule has 0 radical (unpaired) electrons. The van der Waals surface area contributed by atoms with Crippen molar-refractivity contribution in [2.45, 2.75) is 26.1 Å². The molecule has 0 aliphatic heterocycles. The standard InChI is InChI=1S/C8H13O2P/c1-5-7(6-2)10-8(3,4)11-9/h5-6H,1H2,2-4H3/b7-6+. The van der Waals surface area contributed by atoms with Crippen molar-refractivity contribution < 1.29 is 9.30 Å². The highest BCUT2D eigenvalue weighted by Gasteiger charge is 2.19. The summed E-state index contributed by atoms with van der Waals surface area (Å²) in [7, 11) is -0.0261. The van der Waals surface area contributed by atoms with Crippen LogP contribution in [-0.2, 0) is 9.30 Å². The average molecular weight is 172 g/mol. The number of allylic oxidation sites excluding steroid dienone is 2. The van der Waals surface area contributed by atoms with Crippen LogP contribution >= 0.6 is 8.46 Å². The molecule has 2 nitrogen and oxygen atoms in total. The van der Waals surface area contributed by atoms with Crippen LogP contribution in [-0.4, -0.2) is 5.34 Å². The van der Waals surface area contributed by atoms with E-state index in [2.05, 4.69) is 6.58 Å². The molecule has 0 bridgehead atoms. The minimum atomic E-state index is -0.657. The molecular weight excluding hydrogens is 159 g/mol. The van der Waals surface area contributed by atoms with Crippen LogP contribution in [0.1, 0.15) is 20.8 Å². The minimum absolute atomic E-state index is 0.0261. The van der Waals surface area contributed by atoms with Gasteiger partial charge in [-0.25, -0.2) is 0 Å². The topological polar surface area (TPSA) is 26.3 Å². The molecule has 0 amide bonds. The molecule has 0 aliphatic rings. The van der Waals surface area contributed by atoms with Crippen molar-refractivity contribution in [1.29, 1.82) is 0 Å². The van der Waals surface area contributed by atoms with Gasteiger partial charge in [0.25, 0.3) is 0 Å². The first kappa shape index (κ1) is 10.4. The molecule has 62 valence electrons. The van der Waals surface area contributed by atoms with Crippen molar-refractivity contribution in [2.75, 3.05) is 0 Å². The Hall–Kier alpha value is -0.620. The molecule has 0 atom stereocenters. The van der Waals surface area contributed by atoms with Crippen LogP contribution in [0.5, 0.6) is 0 Å². The van der Waals surface area contributed by atoms with Gasteiger partial charge in [-0.05, 0) is 32.9 Å². The summed E-state index contributed by atoms with van der Waals surface area (Å²) in [6.07, 6.45) is 3.37. The number of rotatable bonds is 4. The Morgan fingerprint density at radius 2 is 2.18 bits per heavy atom. The summed E-state index contributed by atoms with van der Waals surface area (Å²) in [5.74, 6) is 0.651. The molecule has 0 saturated heterocycles. The highest BCUT2D eigenvalue weighted by Crippen LogP contribution is 2.26. The third kappa shape index (κ3) is 3.94. The Kier molecular flexibility index (Phi) is 4.06. The number of ether oxygens (including phenoxy) is 1. The van der Waals surface area contributed by atoms with E-state index >= 15 is 0 Å². The molecule has 0 spiro atoms. The first-order valence-electron chi connectivity index (χ1n) is 3.38. The molecule has 0 aromatic carbocycles. The van der Waals surface area contributed by atoms with E-state index in [4.69, 9.17) is 4.74 Å². The molecule has 0 aromatic rings. The summed E-state index contributed by atoms with van der Waals surface area (Å²) >= 11 is 0. The second kappa shape index (κ2) is 4.30. The van der Waals surface area contributed by atoms with Gasteiger partial charge in [-0.2, -0.15) is 0 Å². The van der Waals surface area contributed by atoms with Gasteiger partial charge in [-0.3, -0.25) is 4.57 Å². The van der Waals surface area contributed by atoms with Gasteiger partial charge < -0.3 is 4.74 Å². The predicted octanol–water partition coefficient (Wildman–Crippen LogP) is 3.12. The lowest BCUT2D eigenvalue weighted by Crippen LogP contribution is -2.14. The predicted molar refractivity (Wildman–Crippen MR) is 46.7 cm³/mol. The van der Waals surface area contributed by atoms with Crippen molar-refractivity contribution in [2.24, 2.45) is 0 Å². The van der Waals surface area contributed by atoms with E-state index in [1.807, 2.05) is 6.92 Å².